The van der Waals surface area contributed by atoms with Crippen molar-refractivity contribution in [3.8, 4) is 0 Å². The van der Waals surface area contributed by atoms with Crippen LogP contribution in [-0.4, -0.2) is 39.4 Å². The van der Waals surface area contributed by atoms with Crippen LogP contribution in [-0.2, 0) is 4.79 Å². The van der Waals surface area contributed by atoms with Gasteiger partial charge in [0.1, 0.15) is 12.2 Å². The summed E-state index contributed by atoms with van der Waals surface area (Å²) >= 11 is 0. The van der Waals surface area contributed by atoms with E-state index < -0.39 is 12.2 Å². The molecule has 4 rings (SSSR count). The molecule has 4 nitrogen and oxygen atoms in total. The second-order valence-corrected chi connectivity index (χ2v) is 9.93. The van der Waals surface area contributed by atoms with Gasteiger partial charge in [0.05, 0.1) is 6.10 Å². The number of rotatable bonds is 2. The molecule has 142 valence electrons. The topological polar surface area (TPSA) is 77.8 Å². The fourth-order valence-electron chi connectivity index (χ4n) is 7.84. The Morgan fingerprint density at radius 1 is 1.08 bits per heavy atom. The van der Waals surface area contributed by atoms with Gasteiger partial charge in [-0.15, -0.1) is 0 Å². The molecule has 4 heteroatoms. The summed E-state index contributed by atoms with van der Waals surface area (Å²) in [6.45, 7) is 4.12. The van der Waals surface area contributed by atoms with Crippen molar-refractivity contribution in [2.45, 2.75) is 76.9 Å². The van der Waals surface area contributed by atoms with Gasteiger partial charge in [-0.2, -0.15) is 0 Å². The average Bonchev–Trinajstić information content (AvgIpc) is 2.95. The summed E-state index contributed by atoms with van der Waals surface area (Å²) in [6.07, 6.45) is 7.74. The Balaban J connectivity index is 1.63. The molecule has 4 fully saturated rings. The van der Waals surface area contributed by atoms with Crippen molar-refractivity contribution in [2.24, 2.45) is 40.9 Å². The largest absolute Gasteiger partial charge is 0.393 e. The summed E-state index contributed by atoms with van der Waals surface area (Å²) in [5, 5.41) is 30.6. The SMILES string of the molecule is C[C@@H]1C[C@H]2[C@@H](CC[C@H]3C[C@H](O)CC[C@@]32C)[C@@H]2CC[C@](O)(C(=O)CO)C12. The highest BCUT2D eigenvalue weighted by molar-refractivity contribution is 5.88. The Kier molecular flexibility index (Phi) is 4.33. The van der Waals surface area contributed by atoms with Crippen LogP contribution in [0.1, 0.15) is 65.2 Å². The number of ketones is 1. The van der Waals surface area contributed by atoms with Crippen LogP contribution < -0.4 is 0 Å². The van der Waals surface area contributed by atoms with Crippen LogP contribution in [0.4, 0.5) is 0 Å². The van der Waals surface area contributed by atoms with Crippen molar-refractivity contribution < 1.29 is 20.1 Å². The molecular weight excluding hydrogens is 316 g/mol. The van der Waals surface area contributed by atoms with Gasteiger partial charge < -0.3 is 15.3 Å². The lowest BCUT2D eigenvalue weighted by atomic mass is 9.45. The Morgan fingerprint density at radius 3 is 2.56 bits per heavy atom. The number of fused-ring (bicyclic) bond motifs is 5. The Hall–Kier alpha value is -0.450. The van der Waals surface area contributed by atoms with E-state index in [1.54, 1.807) is 0 Å². The Bertz CT molecular complexity index is 548. The van der Waals surface area contributed by atoms with Gasteiger partial charge in [0, 0.05) is 5.92 Å². The highest BCUT2D eigenvalue weighted by Crippen LogP contribution is 2.65. The third-order valence-electron chi connectivity index (χ3n) is 9.00. The number of carbonyl (C=O) groups is 1. The van der Waals surface area contributed by atoms with E-state index in [9.17, 15) is 20.1 Å². The fourth-order valence-corrected chi connectivity index (χ4v) is 7.84. The zero-order valence-corrected chi connectivity index (χ0v) is 15.7. The van der Waals surface area contributed by atoms with Gasteiger partial charge in [0.25, 0.3) is 0 Å². The summed E-state index contributed by atoms with van der Waals surface area (Å²) in [5.74, 6) is 2.25. The molecule has 4 aliphatic rings. The van der Waals surface area contributed by atoms with E-state index in [-0.39, 0.29) is 17.8 Å². The molecule has 0 spiro atoms. The molecular formula is C21H34O4. The van der Waals surface area contributed by atoms with Crippen molar-refractivity contribution in [1.82, 2.24) is 0 Å². The second kappa shape index (κ2) is 6.03. The van der Waals surface area contributed by atoms with Crippen molar-refractivity contribution in [3.05, 3.63) is 0 Å². The molecule has 0 saturated heterocycles. The number of aliphatic hydroxyl groups excluding tert-OH is 2. The zero-order valence-electron chi connectivity index (χ0n) is 15.7. The van der Waals surface area contributed by atoms with E-state index in [0.29, 0.717) is 41.4 Å². The van der Waals surface area contributed by atoms with Gasteiger partial charge in [0.2, 0.25) is 0 Å². The van der Waals surface area contributed by atoms with Crippen LogP contribution in [0, 0.1) is 40.9 Å². The summed E-state index contributed by atoms with van der Waals surface area (Å²) < 4.78 is 0. The zero-order chi connectivity index (χ0) is 18.0. The van der Waals surface area contributed by atoms with Gasteiger partial charge in [-0.25, -0.2) is 0 Å². The van der Waals surface area contributed by atoms with Crippen molar-refractivity contribution in [3.63, 3.8) is 0 Å². The van der Waals surface area contributed by atoms with Crippen molar-refractivity contribution >= 4 is 5.78 Å². The molecule has 0 heterocycles. The maximum atomic E-state index is 12.3. The molecule has 0 radical (unpaired) electrons. The van der Waals surface area contributed by atoms with E-state index >= 15 is 0 Å². The van der Waals surface area contributed by atoms with Crippen molar-refractivity contribution in [1.29, 1.82) is 0 Å². The summed E-state index contributed by atoms with van der Waals surface area (Å²) in [6, 6.07) is 0. The van der Waals surface area contributed by atoms with Crippen LogP contribution in [0.5, 0.6) is 0 Å². The third-order valence-corrected chi connectivity index (χ3v) is 9.00. The first-order valence-corrected chi connectivity index (χ1v) is 10.4. The van der Waals surface area contributed by atoms with Crippen LogP contribution in [0.2, 0.25) is 0 Å². The van der Waals surface area contributed by atoms with Crippen LogP contribution in [0.25, 0.3) is 0 Å². The van der Waals surface area contributed by atoms with Gasteiger partial charge in [-0.1, -0.05) is 13.8 Å². The van der Waals surface area contributed by atoms with E-state index in [0.717, 1.165) is 32.1 Å². The number of Topliss-reactive ketones (excluding diaryl/α,β-unsaturated/α-hetero) is 1. The lowest BCUT2D eigenvalue weighted by Crippen LogP contribution is -2.57. The number of hydrogen-bond acceptors (Lipinski definition) is 4. The first kappa shape index (κ1) is 17.9. The summed E-state index contributed by atoms with van der Waals surface area (Å²) in [5.41, 5.74) is -0.993. The monoisotopic (exact) mass is 350 g/mol. The average molecular weight is 350 g/mol. The predicted molar refractivity (Wildman–Crippen MR) is 94.7 cm³/mol. The molecule has 0 aromatic carbocycles. The second-order valence-electron chi connectivity index (χ2n) is 9.93. The van der Waals surface area contributed by atoms with Crippen LogP contribution in [0.3, 0.4) is 0 Å². The fraction of sp³-hybridized carbons (Fsp3) is 0.952. The normalized spacial score (nSPS) is 55.2. The molecule has 0 amide bonds. The molecule has 25 heavy (non-hydrogen) atoms. The van der Waals surface area contributed by atoms with E-state index in [1.165, 1.54) is 12.8 Å². The Labute approximate surface area is 151 Å². The van der Waals surface area contributed by atoms with Gasteiger partial charge >= 0.3 is 0 Å². The predicted octanol–water partition coefficient (Wildman–Crippen LogP) is 2.54. The smallest absolute Gasteiger partial charge is 0.189 e. The van der Waals surface area contributed by atoms with E-state index in [4.69, 9.17) is 0 Å². The highest BCUT2D eigenvalue weighted by atomic mass is 16.3. The maximum absolute atomic E-state index is 12.3. The minimum atomic E-state index is -1.30. The highest BCUT2D eigenvalue weighted by Gasteiger charge is 2.62. The Morgan fingerprint density at radius 2 is 1.84 bits per heavy atom. The molecule has 1 unspecified atom stereocenters. The van der Waals surface area contributed by atoms with Gasteiger partial charge in [-0.3, -0.25) is 4.79 Å². The summed E-state index contributed by atoms with van der Waals surface area (Å²) in [4.78, 5) is 12.3. The lowest BCUT2D eigenvalue weighted by Gasteiger charge is -2.60. The lowest BCUT2D eigenvalue weighted by molar-refractivity contribution is -0.161. The summed E-state index contributed by atoms with van der Waals surface area (Å²) in [7, 11) is 0. The quantitative estimate of drug-likeness (QED) is 0.715. The van der Waals surface area contributed by atoms with E-state index in [1.807, 2.05) is 0 Å². The molecule has 3 N–H and O–H groups in total. The molecule has 4 aliphatic carbocycles. The molecule has 0 aliphatic heterocycles. The molecule has 0 bridgehead atoms. The third kappa shape index (κ3) is 2.47. The molecule has 0 aromatic rings. The van der Waals surface area contributed by atoms with Crippen molar-refractivity contribution in [2.75, 3.05) is 6.61 Å². The first-order chi connectivity index (χ1) is 11.8. The van der Waals surface area contributed by atoms with Gasteiger partial charge in [-0.05, 0) is 86.4 Å². The molecule has 9 atom stereocenters. The first-order valence-electron chi connectivity index (χ1n) is 10.4. The molecule has 0 aromatic heterocycles. The number of carbonyl (C=O) groups excluding carboxylic acids is 1. The minimum absolute atomic E-state index is 0.0164. The van der Waals surface area contributed by atoms with Gasteiger partial charge in [0.15, 0.2) is 5.78 Å². The molecule has 4 saturated carbocycles. The number of aliphatic hydroxyl groups is 3. The minimum Gasteiger partial charge on any atom is -0.393 e. The number of hydrogen-bond donors (Lipinski definition) is 3. The van der Waals surface area contributed by atoms with E-state index in [2.05, 4.69) is 13.8 Å². The van der Waals surface area contributed by atoms with Crippen LogP contribution >= 0.6 is 0 Å². The maximum Gasteiger partial charge on any atom is 0.189 e. The standard InChI is InChI=1S/C21H34O4/c1-12-9-17-15(4-3-13-10-14(23)5-7-20(13,17)2)16-6-8-21(25,19(12)16)18(24)11-22/h12-17,19,22-23,25H,3-11H2,1-2H3/t12-,13+,14-,15+,16+,17+,19?,20+,21+/m1/s1. The van der Waals surface area contributed by atoms with Crippen LogP contribution in [0.15, 0.2) is 0 Å².